The van der Waals surface area contributed by atoms with E-state index in [0.717, 1.165) is 28.5 Å². The molecule has 1 aromatic carbocycles. The quantitative estimate of drug-likeness (QED) is 0.840. The van der Waals surface area contributed by atoms with E-state index in [1.165, 1.54) is 0 Å². The Labute approximate surface area is 111 Å². The highest BCUT2D eigenvalue weighted by molar-refractivity contribution is 14.1. The predicted octanol–water partition coefficient (Wildman–Crippen LogP) is 2.50. The fraction of sp³-hybridized carbons (Fsp3) is 0.500. The van der Waals surface area contributed by atoms with Crippen molar-refractivity contribution >= 4 is 22.6 Å². The first-order chi connectivity index (χ1) is 7.56. The number of methoxy groups -OCH3 is 1. The minimum Gasteiger partial charge on any atom is -0.504 e. The van der Waals surface area contributed by atoms with Gasteiger partial charge in [0.1, 0.15) is 0 Å². The topological polar surface area (TPSA) is 32.7 Å². The number of phenolic OH excluding ortho intramolecular Hbond substituents is 1. The summed E-state index contributed by atoms with van der Waals surface area (Å²) in [6, 6.07) is 3.77. The average Bonchev–Trinajstić information content (AvgIpc) is 2.23. The molecule has 0 aliphatic heterocycles. The standard InChI is InChI=1S/C12H18INO2/c1-14(2)8-4-5-9-10(13)6-7-11(16-3)12(9)15/h6-7,15H,4-5,8H2,1-3H3. The van der Waals surface area contributed by atoms with Crippen LogP contribution in [0.15, 0.2) is 12.1 Å². The molecule has 0 aliphatic rings. The van der Waals surface area contributed by atoms with Crippen LogP contribution in [0.4, 0.5) is 0 Å². The molecule has 0 heterocycles. The predicted molar refractivity (Wildman–Crippen MR) is 74.3 cm³/mol. The fourth-order valence-corrected chi connectivity index (χ4v) is 2.27. The third-order valence-electron chi connectivity index (χ3n) is 2.44. The summed E-state index contributed by atoms with van der Waals surface area (Å²) >= 11 is 2.25. The highest BCUT2D eigenvalue weighted by atomic mass is 127. The van der Waals surface area contributed by atoms with E-state index < -0.39 is 0 Å². The van der Waals surface area contributed by atoms with Crippen LogP contribution in [0.3, 0.4) is 0 Å². The molecular weight excluding hydrogens is 317 g/mol. The molecule has 90 valence electrons. The normalized spacial score (nSPS) is 10.8. The lowest BCUT2D eigenvalue weighted by Gasteiger charge is -2.13. The number of halogens is 1. The summed E-state index contributed by atoms with van der Waals surface area (Å²) in [5, 5.41) is 9.99. The summed E-state index contributed by atoms with van der Waals surface area (Å²) in [4.78, 5) is 2.14. The summed E-state index contributed by atoms with van der Waals surface area (Å²) < 4.78 is 6.20. The van der Waals surface area contributed by atoms with Gasteiger partial charge in [-0.2, -0.15) is 0 Å². The number of benzene rings is 1. The Morgan fingerprint density at radius 3 is 2.62 bits per heavy atom. The Bertz CT molecular complexity index is 353. The smallest absolute Gasteiger partial charge is 0.161 e. The molecule has 0 amide bonds. The molecule has 1 aromatic rings. The van der Waals surface area contributed by atoms with Crippen LogP contribution in [0.5, 0.6) is 11.5 Å². The lowest BCUT2D eigenvalue weighted by atomic mass is 10.1. The zero-order valence-corrected chi connectivity index (χ0v) is 12.1. The number of nitrogens with zero attached hydrogens (tertiary/aromatic N) is 1. The van der Waals surface area contributed by atoms with Gasteiger partial charge in [-0.3, -0.25) is 0 Å². The number of rotatable bonds is 5. The maximum atomic E-state index is 9.99. The first-order valence-electron chi connectivity index (χ1n) is 5.25. The molecule has 16 heavy (non-hydrogen) atoms. The Morgan fingerprint density at radius 1 is 1.38 bits per heavy atom. The van der Waals surface area contributed by atoms with Gasteiger partial charge in [0.15, 0.2) is 11.5 Å². The van der Waals surface area contributed by atoms with Crippen molar-refractivity contribution in [1.29, 1.82) is 0 Å². The maximum absolute atomic E-state index is 9.99. The third-order valence-corrected chi connectivity index (χ3v) is 3.45. The molecule has 1 N–H and O–H groups in total. The van der Waals surface area contributed by atoms with Gasteiger partial charge in [0, 0.05) is 9.13 Å². The van der Waals surface area contributed by atoms with Crippen molar-refractivity contribution in [2.75, 3.05) is 27.7 Å². The molecule has 1 rings (SSSR count). The van der Waals surface area contributed by atoms with Gasteiger partial charge >= 0.3 is 0 Å². The SMILES string of the molecule is COc1ccc(I)c(CCCN(C)C)c1O. The largest absolute Gasteiger partial charge is 0.504 e. The highest BCUT2D eigenvalue weighted by Gasteiger charge is 2.11. The van der Waals surface area contributed by atoms with E-state index >= 15 is 0 Å². The van der Waals surface area contributed by atoms with Crippen LogP contribution in [0.1, 0.15) is 12.0 Å². The van der Waals surface area contributed by atoms with E-state index in [1.54, 1.807) is 13.2 Å². The molecule has 0 aliphatic carbocycles. The summed E-state index contributed by atoms with van der Waals surface area (Å²) in [5.41, 5.74) is 0.988. The van der Waals surface area contributed by atoms with Gasteiger partial charge in [-0.15, -0.1) is 0 Å². The zero-order valence-electron chi connectivity index (χ0n) is 9.96. The van der Waals surface area contributed by atoms with Gasteiger partial charge in [-0.25, -0.2) is 0 Å². The second kappa shape index (κ2) is 6.30. The number of aromatic hydroxyl groups is 1. The number of ether oxygens (including phenoxy) is 1. The second-order valence-corrected chi connectivity index (χ2v) is 5.15. The van der Waals surface area contributed by atoms with E-state index in [4.69, 9.17) is 4.74 Å². The van der Waals surface area contributed by atoms with Crippen molar-refractivity contribution in [3.8, 4) is 11.5 Å². The minimum absolute atomic E-state index is 0.285. The van der Waals surface area contributed by atoms with E-state index in [1.807, 2.05) is 6.07 Å². The Hall–Kier alpha value is -0.490. The Kier molecular flexibility index (Phi) is 5.34. The van der Waals surface area contributed by atoms with Crippen LogP contribution in [0, 0.1) is 3.57 Å². The molecule has 0 spiro atoms. The van der Waals surface area contributed by atoms with E-state index in [0.29, 0.717) is 5.75 Å². The molecule has 0 radical (unpaired) electrons. The van der Waals surface area contributed by atoms with Crippen molar-refractivity contribution < 1.29 is 9.84 Å². The van der Waals surface area contributed by atoms with Crippen LogP contribution in [0.2, 0.25) is 0 Å². The molecule has 0 bridgehead atoms. The maximum Gasteiger partial charge on any atom is 0.161 e. The van der Waals surface area contributed by atoms with Crippen molar-refractivity contribution in [2.24, 2.45) is 0 Å². The van der Waals surface area contributed by atoms with Crippen LogP contribution in [0.25, 0.3) is 0 Å². The van der Waals surface area contributed by atoms with E-state index in [9.17, 15) is 5.11 Å². The molecule has 0 saturated heterocycles. The third kappa shape index (κ3) is 3.52. The molecule has 3 nitrogen and oxygen atoms in total. The van der Waals surface area contributed by atoms with E-state index in [-0.39, 0.29) is 5.75 Å². The minimum atomic E-state index is 0.285. The lowest BCUT2D eigenvalue weighted by molar-refractivity contribution is 0.367. The summed E-state index contributed by atoms with van der Waals surface area (Å²) in [6.45, 7) is 1.02. The first kappa shape index (κ1) is 13.6. The number of hydrogen-bond donors (Lipinski definition) is 1. The molecular formula is C12H18INO2. The molecule has 0 fully saturated rings. The van der Waals surface area contributed by atoms with Gasteiger partial charge in [-0.05, 0) is 68.2 Å². The van der Waals surface area contributed by atoms with Crippen LogP contribution >= 0.6 is 22.6 Å². The fourth-order valence-electron chi connectivity index (χ4n) is 1.56. The van der Waals surface area contributed by atoms with Gasteiger partial charge < -0.3 is 14.7 Å². The second-order valence-electron chi connectivity index (χ2n) is 3.98. The highest BCUT2D eigenvalue weighted by Crippen LogP contribution is 2.33. The van der Waals surface area contributed by atoms with Crippen molar-refractivity contribution in [3.05, 3.63) is 21.3 Å². The molecule has 0 atom stereocenters. The first-order valence-corrected chi connectivity index (χ1v) is 6.33. The van der Waals surface area contributed by atoms with Gasteiger partial charge in [0.2, 0.25) is 0 Å². The zero-order chi connectivity index (χ0) is 12.1. The van der Waals surface area contributed by atoms with Crippen molar-refractivity contribution in [1.82, 2.24) is 4.90 Å². The van der Waals surface area contributed by atoms with Gasteiger partial charge in [-0.1, -0.05) is 0 Å². The molecule has 0 saturated carbocycles. The molecule has 0 aromatic heterocycles. The van der Waals surface area contributed by atoms with E-state index in [2.05, 4.69) is 41.6 Å². The summed E-state index contributed by atoms with van der Waals surface area (Å²) in [6.07, 6.45) is 1.91. The summed E-state index contributed by atoms with van der Waals surface area (Å²) in [7, 11) is 5.68. The van der Waals surface area contributed by atoms with Crippen molar-refractivity contribution in [2.45, 2.75) is 12.8 Å². The summed E-state index contributed by atoms with van der Waals surface area (Å²) in [5.74, 6) is 0.841. The lowest BCUT2D eigenvalue weighted by Crippen LogP contribution is -2.13. The Morgan fingerprint density at radius 2 is 2.06 bits per heavy atom. The number of hydrogen-bond acceptors (Lipinski definition) is 3. The van der Waals surface area contributed by atoms with Crippen LogP contribution < -0.4 is 4.74 Å². The monoisotopic (exact) mass is 335 g/mol. The van der Waals surface area contributed by atoms with Crippen LogP contribution in [-0.4, -0.2) is 37.8 Å². The van der Waals surface area contributed by atoms with Crippen LogP contribution in [-0.2, 0) is 6.42 Å². The van der Waals surface area contributed by atoms with Gasteiger partial charge in [0.25, 0.3) is 0 Å². The Balaban J connectivity index is 2.77. The van der Waals surface area contributed by atoms with Gasteiger partial charge in [0.05, 0.1) is 7.11 Å². The van der Waals surface area contributed by atoms with Crippen molar-refractivity contribution in [3.63, 3.8) is 0 Å². The average molecular weight is 335 g/mol. The molecule has 0 unspecified atom stereocenters. The molecule has 4 heteroatoms. The number of phenols is 1.